The van der Waals surface area contributed by atoms with Gasteiger partial charge in [0, 0.05) is 30.2 Å². The second-order valence-corrected chi connectivity index (χ2v) is 8.26. The molecule has 1 atom stereocenters. The topological polar surface area (TPSA) is 79.4 Å². The number of carbonyl (C=O) groups is 1. The number of anilines is 1. The number of thiazole rings is 1. The van der Waals surface area contributed by atoms with Gasteiger partial charge in [0.05, 0.1) is 4.90 Å². The smallest absolute Gasteiger partial charge is 0.244 e. The zero-order chi connectivity index (χ0) is 15.9. The molecule has 0 spiro atoms. The summed E-state index contributed by atoms with van der Waals surface area (Å²) in [6.07, 6.45) is 1.73. The van der Waals surface area contributed by atoms with Crippen molar-refractivity contribution in [2.45, 2.75) is 17.9 Å². The molecule has 0 radical (unpaired) electrons. The van der Waals surface area contributed by atoms with Crippen molar-refractivity contribution in [3.05, 3.63) is 40.9 Å². The number of aryl methyl sites for hydroxylation is 1. The highest BCUT2D eigenvalue weighted by Crippen LogP contribution is 2.29. The number of likely N-dealkylation sites (N-methyl/N-ethyl adjacent to an activating group) is 1. The average molecular weight is 337 g/mol. The maximum Gasteiger partial charge on any atom is 0.244 e. The van der Waals surface area contributed by atoms with E-state index in [1.165, 1.54) is 24.5 Å². The van der Waals surface area contributed by atoms with Crippen molar-refractivity contribution in [2.24, 2.45) is 0 Å². The van der Waals surface area contributed by atoms with Crippen molar-refractivity contribution < 1.29 is 13.2 Å². The van der Waals surface area contributed by atoms with Crippen molar-refractivity contribution >= 4 is 32.3 Å². The molecule has 2 aromatic rings. The summed E-state index contributed by atoms with van der Waals surface area (Å²) in [6, 6.07) is 5.54. The molecule has 22 heavy (non-hydrogen) atoms. The fourth-order valence-electron chi connectivity index (χ4n) is 2.40. The Morgan fingerprint density at radius 1 is 1.36 bits per heavy atom. The SMILES string of the molecule is Cc1cnc(NCC2C(=O)c3ccccc3S(=O)(=O)N2C)s1. The molecular weight excluding hydrogens is 322 g/mol. The highest BCUT2D eigenvalue weighted by Gasteiger charge is 2.41. The molecule has 116 valence electrons. The molecule has 2 heterocycles. The van der Waals surface area contributed by atoms with E-state index in [-0.39, 0.29) is 22.8 Å². The molecule has 3 rings (SSSR count). The quantitative estimate of drug-likeness (QED) is 0.923. The molecule has 0 aliphatic carbocycles. The van der Waals surface area contributed by atoms with Crippen LogP contribution in [-0.4, -0.2) is 43.1 Å². The van der Waals surface area contributed by atoms with E-state index < -0.39 is 16.1 Å². The zero-order valence-electron chi connectivity index (χ0n) is 12.1. The van der Waals surface area contributed by atoms with Crippen LogP contribution in [0.2, 0.25) is 0 Å². The summed E-state index contributed by atoms with van der Waals surface area (Å²) in [5, 5.41) is 3.72. The summed E-state index contributed by atoms with van der Waals surface area (Å²) in [6.45, 7) is 2.12. The van der Waals surface area contributed by atoms with Gasteiger partial charge in [0.2, 0.25) is 10.0 Å². The third-order valence-electron chi connectivity index (χ3n) is 3.62. The molecule has 0 fully saturated rings. The summed E-state index contributed by atoms with van der Waals surface area (Å²) in [5.41, 5.74) is 0.253. The van der Waals surface area contributed by atoms with Crippen molar-refractivity contribution in [1.82, 2.24) is 9.29 Å². The van der Waals surface area contributed by atoms with E-state index in [4.69, 9.17) is 0 Å². The van der Waals surface area contributed by atoms with Crippen LogP contribution in [0.1, 0.15) is 15.2 Å². The molecule has 0 saturated carbocycles. The summed E-state index contributed by atoms with van der Waals surface area (Å²) in [5.74, 6) is -0.200. The maximum atomic E-state index is 12.6. The van der Waals surface area contributed by atoms with Crippen molar-refractivity contribution in [3.63, 3.8) is 0 Å². The molecule has 0 saturated heterocycles. The normalized spacial score (nSPS) is 20.6. The van der Waals surface area contributed by atoms with Crippen LogP contribution in [0, 0.1) is 6.92 Å². The third kappa shape index (κ3) is 2.43. The monoisotopic (exact) mass is 337 g/mol. The van der Waals surface area contributed by atoms with E-state index in [0.29, 0.717) is 5.13 Å². The first kappa shape index (κ1) is 15.1. The van der Waals surface area contributed by atoms with Crippen LogP contribution in [0.4, 0.5) is 5.13 Å². The zero-order valence-corrected chi connectivity index (χ0v) is 13.7. The van der Waals surface area contributed by atoms with Crippen molar-refractivity contribution in [3.8, 4) is 0 Å². The number of benzene rings is 1. The molecule has 1 aromatic carbocycles. The molecule has 0 bridgehead atoms. The lowest BCUT2D eigenvalue weighted by Crippen LogP contribution is -2.50. The Labute approximate surface area is 132 Å². The van der Waals surface area contributed by atoms with Gasteiger partial charge in [-0.25, -0.2) is 13.4 Å². The number of carbonyl (C=O) groups excluding carboxylic acids is 1. The van der Waals surface area contributed by atoms with Crippen LogP contribution in [-0.2, 0) is 10.0 Å². The van der Waals surface area contributed by atoms with E-state index in [1.54, 1.807) is 24.4 Å². The molecule has 1 unspecified atom stereocenters. The molecule has 1 N–H and O–H groups in total. The minimum Gasteiger partial charge on any atom is -0.359 e. The number of fused-ring (bicyclic) bond motifs is 1. The minimum atomic E-state index is -3.65. The molecule has 0 amide bonds. The summed E-state index contributed by atoms with van der Waals surface area (Å²) < 4.78 is 26.1. The van der Waals surface area contributed by atoms with Crippen molar-refractivity contribution in [1.29, 1.82) is 0 Å². The number of ketones is 1. The minimum absolute atomic E-state index is 0.0730. The molecule has 6 nitrogen and oxygen atoms in total. The number of nitrogens with zero attached hydrogens (tertiary/aromatic N) is 2. The predicted molar refractivity (Wildman–Crippen MR) is 84.9 cm³/mol. The molecule has 1 aliphatic rings. The average Bonchev–Trinajstić information content (AvgIpc) is 2.91. The number of sulfonamides is 1. The van der Waals surface area contributed by atoms with Gasteiger partial charge in [0.15, 0.2) is 10.9 Å². The third-order valence-corrected chi connectivity index (χ3v) is 6.41. The fraction of sp³-hybridized carbons (Fsp3) is 0.286. The van der Waals surface area contributed by atoms with E-state index in [9.17, 15) is 13.2 Å². The van der Waals surface area contributed by atoms with Gasteiger partial charge in [-0.1, -0.05) is 12.1 Å². The largest absolute Gasteiger partial charge is 0.359 e. The van der Waals surface area contributed by atoms with Crippen LogP contribution in [0.25, 0.3) is 0 Å². The van der Waals surface area contributed by atoms with Gasteiger partial charge < -0.3 is 5.32 Å². The van der Waals surface area contributed by atoms with Gasteiger partial charge in [-0.3, -0.25) is 4.79 Å². The number of Topliss-reactive ketones (excluding diaryl/α,β-unsaturated/α-hetero) is 1. The second-order valence-electron chi connectivity index (χ2n) is 5.05. The van der Waals surface area contributed by atoms with Gasteiger partial charge in [0.25, 0.3) is 0 Å². The molecule has 1 aromatic heterocycles. The van der Waals surface area contributed by atoms with Crippen LogP contribution >= 0.6 is 11.3 Å². The van der Waals surface area contributed by atoms with Gasteiger partial charge in [-0.05, 0) is 19.1 Å². The number of rotatable bonds is 3. The Balaban J connectivity index is 1.91. The van der Waals surface area contributed by atoms with Gasteiger partial charge in [-0.15, -0.1) is 11.3 Å². The second kappa shape index (κ2) is 5.45. The standard InChI is InChI=1S/C14H15N3O3S2/c1-9-7-15-14(21-9)16-8-11-13(18)10-5-3-4-6-12(10)22(19,20)17(11)2/h3-7,11H,8H2,1-2H3,(H,15,16). The molecular formula is C14H15N3O3S2. The number of nitrogens with one attached hydrogen (secondary N) is 1. The molecule has 1 aliphatic heterocycles. The first-order valence-corrected chi connectivity index (χ1v) is 8.94. The van der Waals surface area contributed by atoms with Gasteiger partial charge >= 0.3 is 0 Å². The number of hydrogen-bond donors (Lipinski definition) is 1. The Morgan fingerprint density at radius 3 is 2.77 bits per heavy atom. The fourth-order valence-corrected chi connectivity index (χ4v) is 4.59. The van der Waals surface area contributed by atoms with E-state index in [0.717, 1.165) is 9.18 Å². The van der Waals surface area contributed by atoms with Gasteiger partial charge in [-0.2, -0.15) is 4.31 Å². The Bertz CT molecular complexity index is 829. The van der Waals surface area contributed by atoms with Crippen LogP contribution in [0.3, 0.4) is 0 Å². The van der Waals surface area contributed by atoms with Crippen molar-refractivity contribution in [2.75, 3.05) is 18.9 Å². The van der Waals surface area contributed by atoms with Crippen LogP contribution in [0.15, 0.2) is 35.4 Å². The lowest BCUT2D eigenvalue weighted by atomic mass is 10.0. The Kier molecular flexibility index (Phi) is 3.75. The lowest BCUT2D eigenvalue weighted by molar-refractivity contribution is 0.0903. The van der Waals surface area contributed by atoms with Gasteiger partial charge in [0.1, 0.15) is 6.04 Å². The lowest BCUT2D eigenvalue weighted by Gasteiger charge is -2.31. The Hall–Kier alpha value is -1.77. The summed E-state index contributed by atoms with van der Waals surface area (Å²) in [4.78, 5) is 17.9. The highest BCUT2D eigenvalue weighted by molar-refractivity contribution is 7.89. The summed E-state index contributed by atoms with van der Waals surface area (Å²) >= 11 is 1.46. The number of hydrogen-bond acceptors (Lipinski definition) is 6. The van der Waals surface area contributed by atoms with Crippen LogP contribution < -0.4 is 5.32 Å². The maximum absolute atomic E-state index is 12.6. The first-order chi connectivity index (χ1) is 10.4. The number of aromatic nitrogens is 1. The first-order valence-electron chi connectivity index (χ1n) is 6.69. The van der Waals surface area contributed by atoms with Crippen LogP contribution in [0.5, 0.6) is 0 Å². The summed E-state index contributed by atoms with van der Waals surface area (Å²) in [7, 11) is -2.21. The molecule has 8 heteroatoms. The van der Waals surface area contributed by atoms with E-state index >= 15 is 0 Å². The Morgan fingerprint density at radius 2 is 2.09 bits per heavy atom. The predicted octanol–water partition coefficient (Wildman–Crippen LogP) is 1.75. The van der Waals surface area contributed by atoms with E-state index in [2.05, 4.69) is 10.3 Å². The van der Waals surface area contributed by atoms with E-state index in [1.807, 2.05) is 6.92 Å². The highest BCUT2D eigenvalue weighted by atomic mass is 32.2.